The molecule has 1 aromatic heterocycles. The normalized spacial score (nSPS) is 16.4. The molecule has 128 valence electrons. The zero-order chi connectivity index (χ0) is 17.1. The highest BCUT2D eigenvalue weighted by Gasteiger charge is 2.19. The van der Waals surface area contributed by atoms with E-state index in [2.05, 4.69) is 32.3 Å². The summed E-state index contributed by atoms with van der Waals surface area (Å²) in [6.45, 7) is 5.42. The van der Waals surface area contributed by atoms with Crippen LogP contribution in [-0.4, -0.2) is 39.4 Å². The lowest BCUT2D eigenvalue weighted by Crippen LogP contribution is -2.31. The van der Waals surface area contributed by atoms with Gasteiger partial charge in [0.1, 0.15) is 18.0 Å². The topological polar surface area (TPSA) is 81.5 Å². The number of hydrogen-bond donors (Lipinski definition) is 3. The summed E-state index contributed by atoms with van der Waals surface area (Å²) in [6, 6.07) is 8.06. The predicted molar refractivity (Wildman–Crippen MR) is 94.0 cm³/mol. The van der Waals surface area contributed by atoms with Crippen LogP contribution in [0.3, 0.4) is 0 Å². The molecule has 0 saturated heterocycles. The van der Waals surface area contributed by atoms with Crippen LogP contribution < -0.4 is 10.2 Å². The van der Waals surface area contributed by atoms with Crippen LogP contribution in [-0.2, 0) is 13.0 Å². The highest BCUT2D eigenvalue weighted by molar-refractivity contribution is 5.51. The first-order valence-corrected chi connectivity index (χ1v) is 8.31. The van der Waals surface area contributed by atoms with E-state index < -0.39 is 6.10 Å². The number of rotatable bonds is 5. The van der Waals surface area contributed by atoms with Crippen LogP contribution in [0.5, 0.6) is 0 Å². The smallest absolute Gasteiger partial charge is 0.134 e. The maximum atomic E-state index is 9.73. The fourth-order valence-electron chi connectivity index (χ4n) is 2.93. The van der Waals surface area contributed by atoms with Gasteiger partial charge in [0.2, 0.25) is 0 Å². The van der Waals surface area contributed by atoms with Crippen molar-refractivity contribution in [1.82, 2.24) is 9.97 Å². The zero-order valence-corrected chi connectivity index (χ0v) is 14.1. The van der Waals surface area contributed by atoms with Gasteiger partial charge in [0.05, 0.1) is 12.7 Å². The lowest BCUT2D eigenvalue weighted by molar-refractivity contribution is 0.199. The Morgan fingerprint density at radius 2 is 2.04 bits per heavy atom. The molecule has 0 radical (unpaired) electrons. The van der Waals surface area contributed by atoms with Crippen molar-refractivity contribution >= 4 is 11.6 Å². The van der Waals surface area contributed by atoms with Gasteiger partial charge in [-0.3, -0.25) is 0 Å². The summed E-state index contributed by atoms with van der Waals surface area (Å²) >= 11 is 0. The molecule has 1 aromatic carbocycles. The zero-order valence-electron chi connectivity index (χ0n) is 14.1. The third-order valence-corrected chi connectivity index (χ3v) is 4.37. The van der Waals surface area contributed by atoms with Crippen molar-refractivity contribution in [3.8, 4) is 0 Å². The number of aromatic nitrogens is 2. The van der Waals surface area contributed by atoms with Crippen LogP contribution in [0.25, 0.3) is 0 Å². The van der Waals surface area contributed by atoms with E-state index in [9.17, 15) is 5.11 Å². The maximum absolute atomic E-state index is 9.73. The summed E-state index contributed by atoms with van der Waals surface area (Å²) in [5.41, 5.74) is 3.53. The third-order valence-electron chi connectivity index (χ3n) is 4.37. The van der Waals surface area contributed by atoms with E-state index in [1.54, 1.807) is 13.3 Å². The Bertz CT molecular complexity index is 705. The predicted octanol–water partition coefficient (Wildman–Crippen LogP) is 1.89. The van der Waals surface area contributed by atoms with Crippen molar-refractivity contribution in [3.63, 3.8) is 0 Å². The highest BCUT2D eigenvalue weighted by Crippen LogP contribution is 2.26. The van der Waals surface area contributed by atoms with E-state index in [0.29, 0.717) is 0 Å². The van der Waals surface area contributed by atoms with Crippen molar-refractivity contribution in [2.24, 2.45) is 0 Å². The minimum atomic E-state index is -0.433. The summed E-state index contributed by atoms with van der Waals surface area (Å²) in [7, 11) is 0. The van der Waals surface area contributed by atoms with Crippen LogP contribution >= 0.6 is 0 Å². The number of hydrogen-bond acceptors (Lipinski definition) is 6. The number of benzene rings is 1. The van der Waals surface area contributed by atoms with Gasteiger partial charge in [-0.25, -0.2) is 9.97 Å². The summed E-state index contributed by atoms with van der Waals surface area (Å²) in [4.78, 5) is 10.8. The van der Waals surface area contributed by atoms with Crippen molar-refractivity contribution in [3.05, 3.63) is 47.3 Å². The Kier molecular flexibility index (Phi) is 4.97. The van der Waals surface area contributed by atoms with Gasteiger partial charge in [0.25, 0.3) is 0 Å². The average molecular weight is 328 g/mol. The van der Waals surface area contributed by atoms with Gasteiger partial charge in [0, 0.05) is 25.2 Å². The van der Waals surface area contributed by atoms with Crippen LogP contribution in [0.4, 0.5) is 11.6 Å². The second-order valence-corrected chi connectivity index (χ2v) is 6.37. The molecular weight excluding hydrogens is 304 g/mol. The molecule has 1 aliphatic heterocycles. The Morgan fingerprint density at radius 1 is 1.21 bits per heavy atom. The van der Waals surface area contributed by atoms with E-state index in [4.69, 9.17) is 5.11 Å². The minimum Gasteiger partial charge on any atom is -0.394 e. The summed E-state index contributed by atoms with van der Waals surface area (Å²) in [6.07, 6.45) is 2.04. The second kappa shape index (κ2) is 7.15. The molecule has 0 bridgehead atoms. The minimum absolute atomic E-state index is 0.0475. The Hall–Kier alpha value is -2.18. The Morgan fingerprint density at radius 3 is 2.79 bits per heavy atom. The van der Waals surface area contributed by atoms with Crippen molar-refractivity contribution in [2.75, 3.05) is 23.4 Å². The first-order valence-electron chi connectivity index (χ1n) is 8.31. The van der Waals surface area contributed by atoms with E-state index in [1.165, 1.54) is 11.1 Å². The SMILES string of the molecule is C[C@H](O)c1ccc2c(c1)CCN(c1cc(N[C@@H](C)CO)ncn1)C2. The quantitative estimate of drug-likeness (QED) is 0.777. The standard InChI is InChI=1S/C18H24N4O2/c1-12(10-23)21-17-8-18(20-11-19-17)22-6-5-15-7-14(13(2)24)3-4-16(15)9-22/h3-4,7-8,11-13,23-24H,5-6,9-10H2,1-2H3,(H,19,20,21)/t12-,13-/m0/s1. The molecule has 2 heterocycles. The maximum Gasteiger partial charge on any atom is 0.134 e. The molecule has 6 nitrogen and oxygen atoms in total. The molecule has 2 atom stereocenters. The molecule has 0 unspecified atom stereocenters. The van der Waals surface area contributed by atoms with E-state index in [1.807, 2.05) is 19.1 Å². The van der Waals surface area contributed by atoms with Crippen molar-refractivity contribution in [2.45, 2.75) is 39.0 Å². The van der Waals surface area contributed by atoms with Gasteiger partial charge in [-0.1, -0.05) is 18.2 Å². The first-order chi connectivity index (χ1) is 11.6. The van der Waals surface area contributed by atoms with Gasteiger partial charge in [0.15, 0.2) is 0 Å². The monoisotopic (exact) mass is 328 g/mol. The third kappa shape index (κ3) is 3.66. The molecule has 0 spiro atoms. The molecule has 0 aliphatic carbocycles. The van der Waals surface area contributed by atoms with Crippen LogP contribution in [0.2, 0.25) is 0 Å². The summed E-state index contributed by atoms with van der Waals surface area (Å²) in [5.74, 6) is 1.60. The molecule has 0 fully saturated rings. The van der Waals surface area contributed by atoms with Gasteiger partial charge in [-0.05, 0) is 37.0 Å². The first kappa shape index (κ1) is 16.7. The summed E-state index contributed by atoms with van der Waals surface area (Å²) in [5, 5.41) is 22.0. The van der Waals surface area contributed by atoms with E-state index in [-0.39, 0.29) is 12.6 Å². The van der Waals surface area contributed by atoms with Gasteiger partial charge < -0.3 is 20.4 Å². The van der Waals surface area contributed by atoms with E-state index >= 15 is 0 Å². The number of nitrogens with zero attached hydrogens (tertiary/aromatic N) is 3. The number of aliphatic hydroxyl groups excluding tert-OH is 2. The van der Waals surface area contributed by atoms with Crippen LogP contribution in [0, 0.1) is 0 Å². The largest absolute Gasteiger partial charge is 0.394 e. The van der Waals surface area contributed by atoms with Crippen LogP contribution in [0.15, 0.2) is 30.6 Å². The lowest BCUT2D eigenvalue weighted by atomic mass is 9.96. The molecule has 2 aromatic rings. The number of anilines is 2. The average Bonchev–Trinajstić information content (AvgIpc) is 2.60. The number of nitrogens with one attached hydrogen (secondary N) is 1. The van der Waals surface area contributed by atoms with E-state index in [0.717, 1.165) is 36.7 Å². The molecule has 3 N–H and O–H groups in total. The van der Waals surface area contributed by atoms with Crippen molar-refractivity contribution < 1.29 is 10.2 Å². The molecule has 0 saturated carbocycles. The Labute approximate surface area is 142 Å². The lowest BCUT2D eigenvalue weighted by Gasteiger charge is -2.30. The molecule has 1 aliphatic rings. The van der Waals surface area contributed by atoms with Crippen molar-refractivity contribution in [1.29, 1.82) is 0 Å². The summed E-state index contributed by atoms with van der Waals surface area (Å²) < 4.78 is 0. The molecular formula is C18H24N4O2. The highest BCUT2D eigenvalue weighted by atomic mass is 16.3. The van der Waals surface area contributed by atoms with Gasteiger partial charge in [-0.15, -0.1) is 0 Å². The molecule has 24 heavy (non-hydrogen) atoms. The number of aliphatic hydroxyl groups is 2. The van der Waals surface area contributed by atoms with Crippen LogP contribution in [0.1, 0.15) is 36.6 Å². The molecule has 0 amide bonds. The van der Waals surface area contributed by atoms with Gasteiger partial charge in [-0.2, -0.15) is 0 Å². The van der Waals surface area contributed by atoms with Gasteiger partial charge >= 0.3 is 0 Å². The second-order valence-electron chi connectivity index (χ2n) is 6.37. The molecule has 6 heteroatoms. The number of fused-ring (bicyclic) bond motifs is 1. The fraction of sp³-hybridized carbons (Fsp3) is 0.444. The Balaban J connectivity index is 1.77. The molecule has 3 rings (SSSR count). The fourth-order valence-corrected chi connectivity index (χ4v) is 2.93.